The van der Waals surface area contributed by atoms with E-state index in [0.717, 1.165) is 43.4 Å². The van der Waals surface area contributed by atoms with Crippen LogP contribution in [-0.4, -0.2) is 39.0 Å². The van der Waals surface area contributed by atoms with Crippen LogP contribution in [0.3, 0.4) is 0 Å². The van der Waals surface area contributed by atoms with E-state index in [2.05, 4.69) is 28.1 Å². The summed E-state index contributed by atoms with van der Waals surface area (Å²) in [6.45, 7) is 7.33. The van der Waals surface area contributed by atoms with E-state index < -0.39 is 0 Å². The second-order valence-corrected chi connectivity index (χ2v) is 3.50. The highest BCUT2D eigenvalue weighted by atomic mass is 32.1. The van der Waals surface area contributed by atoms with Gasteiger partial charge < -0.3 is 10.0 Å². The van der Waals surface area contributed by atoms with Gasteiger partial charge in [-0.2, -0.15) is 9.36 Å². The molecule has 1 N–H and O–H groups in total. The van der Waals surface area contributed by atoms with Crippen LogP contribution in [0.25, 0.3) is 0 Å². The lowest BCUT2D eigenvalue weighted by Gasteiger charge is -2.16. The molecule has 0 spiro atoms. The van der Waals surface area contributed by atoms with Crippen LogP contribution in [0.5, 0.6) is 5.19 Å². The first kappa shape index (κ1) is 10.4. The molecule has 0 aliphatic carbocycles. The van der Waals surface area contributed by atoms with Crippen molar-refractivity contribution >= 4 is 11.5 Å². The molecule has 0 aliphatic rings. The fraction of sp³-hybridized carbons (Fsp3) is 0.750. The van der Waals surface area contributed by atoms with E-state index >= 15 is 0 Å². The standard InChI is InChI=1S/C8H15N3OS/c1-3-11(4-2)6-5-7-9-8(12)13-10-7/h3-6H2,1-2H3,(H,9,10,12). The van der Waals surface area contributed by atoms with E-state index in [4.69, 9.17) is 5.11 Å². The SMILES string of the molecule is CCN(CC)CCc1nsc(O)n1. The summed E-state index contributed by atoms with van der Waals surface area (Å²) < 4.78 is 4.01. The fourth-order valence-corrected chi connectivity index (χ4v) is 1.61. The molecule has 13 heavy (non-hydrogen) atoms. The number of rotatable bonds is 5. The molecule has 0 bridgehead atoms. The zero-order chi connectivity index (χ0) is 9.68. The van der Waals surface area contributed by atoms with Crippen molar-refractivity contribution < 1.29 is 5.11 Å². The van der Waals surface area contributed by atoms with Gasteiger partial charge in [-0.05, 0) is 13.1 Å². The molecular weight excluding hydrogens is 186 g/mol. The fourth-order valence-electron chi connectivity index (χ4n) is 1.14. The molecule has 4 nitrogen and oxygen atoms in total. The highest BCUT2D eigenvalue weighted by Crippen LogP contribution is 2.11. The summed E-state index contributed by atoms with van der Waals surface area (Å²) in [6.07, 6.45) is 0.818. The molecule has 1 aromatic rings. The number of aromatic hydroxyl groups is 1. The zero-order valence-corrected chi connectivity index (χ0v) is 8.84. The monoisotopic (exact) mass is 201 g/mol. The highest BCUT2D eigenvalue weighted by molar-refractivity contribution is 7.07. The topological polar surface area (TPSA) is 49.2 Å². The first-order valence-corrected chi connectivity index (χ1v) is 5.27. The largest absolute Gasteiger partial charge is 0.485 e. The van der Waals surface area contributed by atoms with E-state index in [1.807, 2.05) is 0 Å². The van der Waals surface area contributed by atoms with Gasteiger partial charge in [0.05, 0.1) is 0 Å². The van der Waals surface area contributed by atoms with Crippen molar-refractivity contribution in [3.8, 4) is 5.19 Å². The molecular formula is C8H15N3OS. The van der Waals surface area contributed by atoms with Gasteiger partial charge in [-0.3, -0.25) is 0 Å². The van der Waals surface area contributed by atoms with Crippen LogP contribution in [0.1, 0.15) is 19.7 Å². The molecule has 1 heterocycles. The highest BCUT2D eigenvalue weighted by Gasteiger charge is 2.04. The lowest BCUT2D eigenvalue weighted by molar-refractivity contribution is 0.306. The van der Waals surface area contributed by atoms with E-state index in [1.54, 1.807) is 0 Å². The van der Waals surface area contributed by atoms with Gasteiger partial charge in [0, 0.05) is 24.5 Å². The minimum Gasteiger partial charge on any atom is -0.485 e. The molecule has 1 rings (SSSR count). The Kier molecular flexibility index (Phi) is 4.11. The Bertz CT molecular complexity index is 247. The molecule has 0 aliphatic heterocycles. The van der Waals surface area contributed by atoms with Crippen molar-refractivity contribution in [1.82, 2.24) is 14.3 Å². The Morgan fingerprint density at radius 1 is 1.38 bits per heavy atom. The number of likely N-dealkylation sites (N-methyl/N-ethyl adjacent to an activating group) is 1. The Morgan fingerprint density at radius 3 is 2.54 bits per heavy atom. The third kappa shape index (κ3) is 3.28. The number of hydrogen-bond acceptors (Lipinski definition) is 5. The maximum atomic E-state index is 8.96. The van der Waals surface area contributed by atoms with Crippen LogP contribution in [0, 0.1) is 0 Å². The van der Waals surface area contributed by atoms with Crippen LogP contribution in [-0.2, 0) is 6.42 Å². The lowest BCUT2D eigenvalue weighted by atomic mass is 10.3. The van der Waals surface area contributed by atoms with Crippen LogP contribution in [0.15, 0.2) is 0 Å². The van der Waals surface area contributed by atoms with Crippen molar-refractivity contribution in [2.45, 2.75) is 20.3 Å². The second kappa shape index (κ2) is 5.14. The predicted molar refractivity (Wildman–Crippen MR) is 53.1 cm³/mol. The summed E-state index contributed by atoms with van der Waals surface area (Å²) in [4.78, 5) is 6.19. The number of hydrogen-bond donors (Lipinski definition) is 1. The minimum absolute atomic E-state index is 0.0644. The molecule has 0 atom stereocenters. The summed E-state index contributed by atoms with van der Waals surface area (Å²) >= 11 is 1.05. The molecule has 1 aromatic heterocycles. The van der Waals surface area contributed by atoms with Crippen molar-refractivity contribution in [1.29, 1.82) is 0 Å². The maximum absolute atomic E-state index is 8.96. The summed E-state index contributed by atoms with van der Waals surface area (Å²) in [5, 5.41) is 9.03. The van der Waals surface area contributed by atoms with E-state index in [0.29, 0.717) is 0 Å². The average molecular weight is 201 g/mol. The summed E-state index contributed by atoms with van der Waals surface area (Å²) in [6, 6.07) is 0. The summed E-state index contributed by atoms with van der Waals surface area (Å²) in [7, 11) is 0. The first-order chi connectivity index (χ1) is 6.26. The molecule has 0 saturated carbocycles. The molecule has 0 aromatic carbocycles. The summed E-state index contributed by atoms with van der Waals surface area (Å²) in [5.74, 6) is 0.745. The van der Waals surface area contributed by atoms with Gasteiger partial charge in [-0.15, -0.1) is 0 Å². The molecule has 0 amide bonds. The third-order valence-electron chi connectivity index (χ3n) is 2.00. The average Bonchev–Trinajstić information content (AvgIpc) is 2.53. The van der Waals surface area contributed by atoms with Crippen molar-refractivity contribution in [3.63, 3.8) is 0 Å². The van der Waals surface area contributed by atoms with Crippen LogP contribution in [0.4, 0.5) is 0 Å². The van der Waals surface area contributed by atoms with E-state index in [-0.39, 0.29) is 5.19 Å². The third-order valence-corrected chi connectivity index (χ3v) is 2.56. The van der Waals surface area contributed by atoms with Gasteiger partial charge in [-0.25, -0.2) is 0 Å². The van der Waals surface area contributed by atoms with Crippen LogP contribution >= 0.6 is 11.5 Å². The van der Waals surface area contributed by atoms with E-state index in [9.17, 15) is 0 Å². The molecule has 0 saturated heterocycles. The van der Waals surface area contributed by atoms with Crippen molar-refractivity contribution in [3.05, 3.63) is 5.82 Å². The van der Waals surface area contributed by atoms with Gasteiger partial charge in [-0.1, -0.05) is 13.8 Å². The van der Waals surface area contributed by atoms with Gasteiger partial charge >= 0.3 is 0 Å². The zero-order valence-electron chi connectivity index (χ0n) is 8.03. The van der Waals surface area contributed by atoms with Gasteiger partial charge in [0.25, 0.3) is 5.19 Å². The van der Waals surface area contributed by atoms with Crippen LogP contribution < -0.4 is 0 Å². The van der Waals surface area contributed by atoms with Crippen LogP contribution in [0.2, 0.25) is 0 Å². The molecule has 0 radical (unpaired) electrons. The summed E-state index contributed by atoms with van der Waals surface area (Å²) in [5.41, 5.74) is 0. The smallest absolute Gasteiger partial charge is 0.290 e. The Morgan fingerprint density at radius 2 is 2.08 bits per heavy atom. The molecule has 0 unspecified atom stereocenters. The van der Waals surface area contributed by atoms with Crippen molar-refractivity contribution in [2.24, 2.45) is 0 Å². The predicted octanol–water partition coefficient (Wildman–Crippen LogP) is 1.13. The minimum atomic E-state index is 0.0644. The Hall–Kier alpha value is -0.680. The Labute approximate surface area is 82.4 Å². The Balaban J connectivity index is 2.33. The van der Waals surface area contributed by atoms with E-state index in [1.165, 1.54) is 0 Å². The maximum Gasteiger partial charge on any atom is 0.290 e. The first-order valence-electron chi connectivity index (χ1n) is 4.50. The lowest BCUT2D eigenvalue weighted by Crippen LogP contribution is -2.25. The normalized spacial score (nSPS) is 11.0. The molecule has 74 valence electrons. The van der Waals surface area contributed by atoms with Gasteiger partial charge in [0.1, 0.15) is 5.82 Å². The van der Waals surface area contributed by atoms with Gasteiger partial charge in [0.15, 0.2) is 0 Å². The van der Waals surface area contributed by atoms with Gasteiger partial charge in [0.2, 0.25) is 0 Å². The number of nitrogens with zero attached hydrogens (tertiary/aromatic N) is 3. The second-order valence-electron chi connectivity index (χ2n) is 2.77. The molecule has 5 heteroatoms. The van der Waals surface area contributed by atoms with Crippen molar-refractivity contribution in [2.75, 3.05) is 19.6 Å². The molecule has 0 fully saturated rings. The number of aromatic nitrogens is 2. The quantitative estimate of drug-likeness (QED) is 0.775.